The second-order valence-electron chi connectivity index (χ2n) is 2.36. The van der Waals surface area contributed by atoms with Crippen molar-refractivity contribution in [1.29, 1.82) is 0 Å². The number of carbonyl (C=O) groups excluding carboxylic acids is 1. The van der Waals surface area contributed by atoms with Gasteiger partial charge in [-0.2, -0.15) is 0 Å². The number of hydrogen-bond donors (Lipinski definition) is 1. The van der Waals surface area contributed by atoms with Crippen LogP contribution in [0, 0.1) is 0 Å². The summed E-state index contributed by atoms with van der Waals surface area (Å²) in [6.45, 7) is 0.333. The number of rotatable bonds is 4. The van der Waals surface area contributed by atoms with Gasteiger partial charge in [0.15, 0.2) is 0 Å². The van der Waals surface area contributed by atoms with Crippen LogP contribution in [0.4, 0.5) is 0 Å². The number of ether oxygens (including phenoxy) is 1. The van der Waals surface area contributed by atoms with Crippen molar-refractivity contribution in [2.24, 2.45) is 0 Å². The molecule has 0 spiro atoms. The molecule has 1 aromatic rings. The third kappa shape index (κ3) is 2.36. The fraction of sp³-hybridized carbons (Fsp3) is 0.222. The Bertz CT molecular complexity index is 233. The summed E-state index contributed by atoms with van der Waals surface area (Å²) in [4.78, 5) is 9.81. The predicted molar refractivity (Wildman–Crippen MR) is 43.4 cm³/mol. The van der Waals surface area contributed by atoms with Gasteiger partial charge in [-0.1, -0.05) is 30.3 Å². The molecule has 1 aromatic carbocycles. The van der Waals surface area contributed by atoms with Crippen molar-refractivity contribution < 1.29 is 14.6 Å². The monoisotopic (exact) mass is 166 g/mol. The van der Waals surface area contributed by atoms with E-state index < -0.39 is 6.10 Å². The van der Waals surface area contributed by atoms with Crippen LogP contribution in [0.3, 0.4) is 0 Å². The Morgan fingerprint density at radius 3 is 2.67 bits per heavy atom. The summed E-state index contributed by atoms with van der Waals surface area (Å²) >= 11 is 0. The first-order valence-electron chi connectivity index (χ1n) is 3.63. The maximum atomic E-state index is 9.81. The highest BCUT2D eigenvalue weighted by Gasteiger charge is 2.05. The standard InChI is InChI=1S/C9H10O3/c10-7-12-6-9(11)8-4-2-1-3-5-8/h1-5,7,9,11H,6H2/t9-/m1/s1. The summed E-state index contributed by atoms with van der Waals surface area (Å²) in [5.41, 5.74) is 0.749. The maximum Gasteiger partial charge on any atom is 0.293 e. The Morgan fingerprint density at radius 2 is 2.08 bits per heavy atom. The zero-order valence-corrected chi connectivity index (χ0v) is 6.51. The Balaban J connectivity index is 2.53. The number of aliphatic hydroxyl groups is 1. The lowest BCUT2D eigenvalue weighted by molar-refractivity contribution is -0.131. The molecule has 0 saturated carbocycles. The van der Waals surface area contributed by atoms with Crippen LogP contribution in [0.2, 0.25) is 0 Å². The minimum Gasteiger partial charge on any atom is -0.465 e. The van der Waals surface area contributed by atoms with Crippen molar-refractivity contribution in [3.8, 4) is 0 Å². The van der Waals surface area contributed by atoms with Crippen molar-refractivity contribution in [3.63, 3.8) is 0 Å². The Labute approximate surface area is 70.6 Å². The lowest BCUT2D eigenvalue weighted by atomic mass is 10.1. The van der Waals surface area contributed by atoms with Crippen LogP contribution in [0.25, 0.3) is 0 Å². The molecule has 3 heteroatoms. The molecule has 12 heavy (non-hydrogen) atoms. The Kier molecular flexibility index (Phi) is 3.29. The largest absolute Gasteiger partial charge is 0.465 e. The van der Waals surface area contributed by atoms with Crippen LogP contribution in [0.1, 0.15) is 11.7 Å². The molecule has 0 unspecified atom stereocenters. The van der Waals surface area contributed by atoms with Gasteiger partial charge in [-0.05, 0) is 5.56 Å². The van der Waals surface area contributed by atoms with Gasteiger partial charge < -0.3 is 9.84 Å². The van der Waals surface area contributed by atoms with Gasteiger partial charge in [0.2, 0.25) is 0 Å². The smallest absolute Gasteiger partial charge is 0.293 e. The molecule has 1 rings (SSSR count). The summed E-state index contributed by atoms with van der Waals surface area (Å²) < 4.78 is 4.42. The molecule has 0 radical (unpaired) electrons. The lowest BCUT2D eigenvalue weighted by Gasteiger charge is -2.08. The summed E-state index contributed by atoms with van der Waals surface area (Å²) in [6, 6.07) is 9.05. The average molecular weight is 166 g/mol. The molecule has 3 nitrogen and oxygen atoms in total. The highest BCUT2D eigenvalue weighted by Crippen LogP contribution is 2.11. The molecule has 0 aromatic heterocycles. The third-order valence-electron chi connectivity index (χ3n) is 1.51. The summed E-state index contributed by atoms with van der Waals surface area (Å²) in [5.74, 6) is 0. The summed E-state index contributed by atoms with van der Waals surface area (Å²) in [6.07, 6.45) is -0.726. The van der Waals surface area contributed by atoms with E-state index in [1.165, 1.54) is 0 Å². The number of carbonyl (C=O) groups is 1. The van der Waals surface area contributed by atoms with Gasteiger partial charge in [-0.3, -0.25) is 4.79 Å². The van der Waals surface area contributed by atoms with Crippen LogP contribution in [0.15, 0.2) is 30.3 Å². The van der Waals surface area contributed by atoms with E-state index in [-0.39, 0.29) is 6.61 Å². The van der Waals surface area contributed by atoms with Crippen LogP contribution in [-0.4, -0.2) is 18.2 Å². The van der Waals surface area contributed by atoms with Crippen molar-refractivity contribution in [2.75, 3.05) is 6.61 Å². The highest BCUT2D eigenvalue weighted by molar-refractivity contribution is 5.37. The topological polar surface area (TPSA) is 46.5 Å². The van der Waals surface area contributed by atoms with E-state index in [9.17, 15) is 9.90 Å². The van der Waals surface area contributed by atoms with Gasteiger partial charge in [-0.25, -0.2) is 0 Å². The van der Waals surface area contributed by atoms with Crippen molar-refractivity contribution >= 4 is 6.47 Å². The molecular formula is C9H10O3. The van der Waals surface area contributed by atoms with E-state index in [0.717, 1.165) is 5.56 Å². The summed E-state index contributed by atoms with van der Waals surface area (Å²) in [5, 5.41) is 9.37. The molecule has 0 fully saturated rings. The van der Waals surface area contributed by atoms with E-state index in [1.54, 1.807) is 12.1 Å². The minimum absolute atomic E-state index is 0.00745. The average Bonchev–Trinajstić information content (AvgIpc) is 2.15. The van der Waals surface area contributed by atoms with Crippen molar-refractivity contribution in [1.82, 2.24) is 0 Å². The van der Waals surface area contributed by atoms with Gasteiger partial charge in [0.25, 0.3) is 6.47 Å². The predicted octanol–water partition coefficient (Wildman–Crippen LogP) is 0.893. The fourth-order valence-corrected chi connectivity index (χ4v) is 0.902. The minimum atomic E-state index is -0.726. The molecule has 1 N–H and O–H groups in total. The molecule has 0 saturated heterocycles. The van der Waals surface area contributed by atoms with E-state index in [4.69, 9.17) is 0 Å². The number of hydrogen-bond acceptors (Lipinski definition) is 3. The number of benzene rings is 1. The van der Waals surface area contributed by atoms with Crippen LogP contribution in [0.5, 0.6) is 0 Å². The SMILES string of the molecule is O=COC[C@@H](O)c1ccccc1. The second kappa shape index (κ2) is 4.51. The molecule has 64 valence electrons. The highest BCUT2D eigenvalue weighted by atomic mass is 16.5. The molecule has 1 atom stereocenters. The van der Waals surface area contributed by atoms with E-state index >= 15 is 0 Å². The Morgan fingerprint density at radius 1 is 1.42 bits per heavy atom. The zero-order valence-electron chi connectivity index (χ0n) is 6.51. The first-order valence-corrected chi connectivity index (χ1v) is 3.63. The molecule has 0 aliphatic rings. The summed E-state index contributed by atoms with van der Waals surface area (Å²) in [7, 11) is 0. The third-order valence-corrected chi connectivity index (χ3v) is 1.51. The lowest BCUT2D eigenvalue weighted by Crippen LogP contribution is -2.05. The quantitative estimate of drug-likeness (QED) is 0.676. The molecule has 0 heterocycles. The normalized spacial score (nSPS) is 12.1. The first kappa shape index (κ1) is 8.74. The van der Waals surface area contributed by atoms with E-state index in [2.05, 4.69) is 4.74 Å². The molecular weight excluding hydrogens is 156 g/mol. The van der Waals surface area contributed by atoms with E-state index in [0.29, 0.717) is 6.47 Å². The molecule has 0 amide bonds. The Hall–Kier alpha value is -1.35. The van der Waals surface area contributed by atoms with Crippen LogP contribution < -0.4 is 0 Å². The fourth-order valence-electron chi connectivity index (χ4n) is 0.902. The molecule has 0 bridgehead atoms. The van der Waals surface area contributed by atoms with Crippen LogP contribution >= 0.6 is 0 Å². The van der Waals surface area contributed by atoms with Crippen LogP contribution in [-0.2, 0) is 9.53 Å². The van der Waals surface area contributed by atoms with Gasteiger partial charge in [0.1, 0.15) is 12.7 Å². The molecule has 0 aliphatic heterocycles. The van der Waals surface area contributed by atoms with Crippen molar-refractivity contribution in [3.05, 3.63) is 35.9 Å². The second-order valence-corrected chi connectivity index (χ2v) is 2.36. The number of aliphatic hydroxyl groups excluding tert-OH is 1. The maximum absolute atomic E-state index is 9.81. The van der Waals surface area contributed by atoms with Gasteiger partial charge in [0.05, 0.1) is 0 Å². The van der Waals surface area contributed by atoms with Gasteiger partial charge in [-0.15, -0.1) is 0 Å². The molecule has 0 aliphatic carbocycles. The zero-order chi connectivity index (χ0) is 8.81. The first-order chi connectivity index (χ1) is 5.84. The van der Waals surface area contributed by atoms with Crippen molar-refractivity contribution in [2.45, 2.75) is 6.10 Å². The van der Waals surface area contributed by atoms with Gasteiger partial charge in [0, 0.05) is 0 Å². The van der Waals surface area contributed by atoms with Gasteiger partial charge >= 0.3 is 0 Å². The van der Waals surface area contributed by atoms with E-state index in [1.807, 2.05) is 18.2 Å².